The number of para-hydroxylation sites is 1. The molecule has 4 heteroatoms. The van der Waals surface area contributed by atoms with Gasteiger partial charge in [0, 0.05) is 33.0 Å². The molecule has 0 radical (unpaired) electrons. The lowest BCUT2D eigenvalue weighted by atomic mass is 10.1. The predicted octanol–water partition coefficient (Wildman–Crippen LogP) is 3.44. The Bertz CT molecular complexity index is 629. The van der Waals surface area contributed by atoms with Gasteiger partial charge in [-0.05, 0) is 19.9 Å². The summed E-state index contributed by atoms with van der Waals surface area (Å²) in [5.41, 5.74) is 0.0331. The topological polar surface area (TPSA) is 59.8 Å². The molecule has 3 nitrogen and oxygen atoms in total. The van der Waals surface area contributed by atoms with Crippen molar-refractivity contribution < 1.29 is 5.11 Å². The van der Waals surface area contributed by atoms with Crippen LogP contribution >= 0.6 is 11.8 Å². The molecule has 0 unspecified atom stereocenters. The van der Waals surface area contributed by atoms with Gasteiger partial charge in [0.25, 0.3) is 0 Å². The first-order valence-corrected chi connectivity index (χ1v) is 6.40. The molecule has 2 aromatic rings. The maximum absolute atomic E-state index is 10.0. The zero-order chi connectivity index (χ0) is 13.2. The third-order valence-corrected chi connectivity index (χ3v) is 3.96. The number of hydrogen-bond donors (Lipinski definition) is 2. The summed E-state index contributed by atoms with van der Waals surface area (Å²) in [6.45, 7) is 3.36. The fourth-order valence-electron chi connectivity index (χ4n) is 1.64. The van der Waals surface area contributed by atoms with Crippen molar-refractivity contribution in [3.05, 3.63) is 41.4 Å². The van der Waals surface area contributed by atoms with E-state index in [-0.39, 0.29) is 0 Å². The molecular formula is C14H14N2OS. The van der Waals surface area contributed by atoms with E-state index in [0.29, 0.717) is 4.91 Å². The number of allylic oxidation sites excluding steroid dienone is 1. The van der Waals surface area contributed by atoms with Gasteiger partial charge >= 0.3 is 0 Å². The van der Waals surface area contributed by atoms with Crippen LogP contribution in [0.5, 0.6) is 0 Å². The van der Waals surface area contributed by atoms with Crippen LogP contribution in [0.2, 0.25) is 0 Å². The minimum Gasteiger partial charge on any atom is -0.385 e. The largest absolute Gasteiger partial charge is 0.385 e. The molecule has 0 aliphatic carbocycles. The van der Waals surface area contributed by atoms with Gasteiger partial charge in [0.05, 0.1) is 11.7 Å². The van der Waals surface area contributed by atoms with E-state index in [1.807, 2.05) is 36.5 Å². The monoisotopic (exact) mass is 258 g/mol. The van der Waals surface area contributed by atoms with Crippen molar-refractivity contribution >= 4 is 22.7 Å². The number of rotatable bonds is 3. The number of nitrogens with zero attached hydrogens (tertiary/aromatic N) is 1. The fraction of sp³-hybridized carbons (Fsp3) is 0.214. The van der Waals surface area contributed by atoms with Crippen LogP contribution < -0.4 is 0 Å². The molecule has 18 heavy (non-hydrogen) atoms. The summed E-state index contributed by atoms with van der Waals surface area (Å²) in [7, 11) is 0. The Morgan fingerprint density at radius 2 is 2.17 bits per heavy atom. The number of H-pyrrole nitrogens is 1. The number of aromatic nitrogens is 1. The molecule has 2 N–H and O–H groups in total. The highest BCUT2D eigenvalue weighted by Gasteiger charge is 2.21. The summed E-state index contributed by atoms with van der Waals surface area (Å²) < 4.78 is 0. The average Bonchev–Trinajstić information content (AvgIpc) is 2.71. The van der Waals surface area contributed by atoms with Crippen LogP contribution in [0.3, 0.4) is 0 Å². The minimum absolute atomic E-state index is 0.634. The molecule has 0 aliphatic rings. The Kier molecular flexibility index (Phi) is 3.46. The van der Waals surface area contributed by atoms with Crippen LogP contribution in [0.1, 0.15) is 13.8 Å². The quantitative estimate of drug-likeness (QED) is 0.655. The number of hydrogen-bond acceptors (Lipinski definition) is 3. The molecule has 0 aliphatic heterocycles. The summed E-state index contributed by atoms with van der Waals surface area (Å²) in [5.74, 6) is 0. The van der Waals surface area contributed by atoms with Crippen molar-refractivity contribution in [2.45, 2.75) is 24.3 Å². The van der Waals surface area contributed by atoms with E-state index < -0.39 is 5.60 Å². The van der Waals surface area contributed by atoms with Crippen LogP contribution in [-0.4, -0.2) is 15.7 Å². The first kappa shape index (κ1) is 12.7. The number of thioether (sulfide) groups is 1. The lowest BCUT2D eigenvalue weighted by Gasteiger charge is -2.19. The standard InChI is InChI=1S/C14H14N2OS/c1-14(2,17)13(7-8-15)18-12-9-16-11-6-4-3-5-10(11)12/h3-7,9,16-17H,1-2H3/b13-7+. The van der Waals surface area contributed by atoms with Crippen LogP contribution in [0.4, 0.5) is 0 Å². The summed E-state index contributed by atoms with van der Waals surface area (Å²) >= 11 is 1.41. The Hall–Kier alpha value is -1.70. The van der Waals surface area contributed by atoms with E-state index in [1.54, 1.807) is 13.8 Å². The molecule has 0 bridgehead atoms. The summed E-state index contributed by atoms with van der Waals surface area (Å²) in [6.07, 6.45) is 3.29. The summed E-state index contributed by atoms with van der Waals surface area (Å²) in [6, 6.07) is 9.93. The normalized spacial score (nSPS) is 12.7. The molecular weight excluding hydrogens is 244 g/mol. The smallest absolute Gasteiger partial charge is 0.0921 e. The molecule has 2 rings (SSSR count). The van der Waals surface area contributed by atoms with Crippen molar-refractivity contribution in [2.75, 3.05) is 0 Å². The lowest BCUT2D eigenvalue weighted by Crippen LogP contribution is -2.19. The van der Waals surface area contributed by atoms with Gasteiger partial charge < -0.3 is 10.1 Å². The maximum atomic E-state index is 10.0. The van der Waals surface area contributed by atoms with Gasteiger partial charge in [0.15, 0.2) is 0 Å². The second-order valence-corrected chi connectivity index (χ2v) is 5.58. The van der Waals surface area contributed by atoms with E-state index >= 15 is 0 Å². The molecule has 0 amide bonds. The van der Waals surface area contributed by atoms with Crippen LogP contribution in [0.15, 0.2) is 46.3 Å². The first-order chi connectivity index (χ1) is 8.52. The molecule has 1 aromatic carbocycles. The Morgan fingerprint density at radius 3 is 2.83 bits per heavy atom. The highest BCUT2D eigenvalue weighted by atomic mass is 32.2. The molecule has 0 fully saturated rings. The molecule has 0 atom stereocenters. The van der Waals surface area contributed by atoms with Gasteiger partial charge in [-0.15, -0.1) is 0 Å². The van der Waals surface area contributed by atoms with E-state index in [0.717, 1.165) is 15.8 Å². The van der Waals surface area contributed by atoms with E-state index in [4.69, 9.17) is 5.26 Å². The van der Waals surface area contributed by atoms with Crippen LogP contribution in [-0.2, 0) is 0 Å². The van der Waals surface area contributed by atoms with Gasteiger partial charge in [-0.2, -0.15) is 5.26 Å². The van der Waals surface area contributed by atoms with Crippen molar-refractivity contribution in [1.82, 2.24) is 4.98 Å². The number of nitrogens with one attached hydrogen (secondary N) is 1. The van der Waals surface area contributed by atoms with E-state index in [2.05, 4.69) is 4.98 Å². The van der Waals surface area contributed by atoms with Crippen molar-refractivity contribution in [3.8, 4) is 6.07 Å². The van der Waals surface area contributed by atoms with Gasteiger partial charge in [-0.3, -0.25) is 0 Å². The third kappa shape index (κ3) is 2.58. The minimum atomic E-state index is -1.02. The Morgan fingerprint density at radius 1 is 1.44 bits per heavy atom. The van der Waals surface area contributed by atoms with Gasteiger partial charge in [-0.25, -0.2) is 0 Å². The number of nitriles is 1. The number of aliphatic hydroxyl groups is 1. The summed E-state index contributed by atoms with van der Waals surface area (Å²) in [4.78, 5) is 4.82. The van der Waals surface area contributed by atoms with E-state index in [9.17, 15) is 5.11 Å². The zero-order valence-corrected chi connectivity index (χ0v) is 11.1. The van der Waals surface area contributed by atoms with Crippen molar-refractivity contribution in [2.24, 2.45) is 0 Å². The SMILES string of the molecule is CC(C)(O)/C(=C\C#N)Sc1c[nH]c2ccccc12. The van der Waals surface area contributed by atoms with Crippen molar-refractivity contribution in [3.63, 3.8) is 0 Å². The molecule has 0 saturated carbocycles. The molecule has 0 saturated heterocycles. The van der Waals surface area contributed by atoms with E-state index in [1.165, 1.54) is 17.8 Å². The average molecular weight is 258 g/mol. The number of aromatic amines is 1. The third-order valence-electron chi connectivity index (χ3n) is 2.57. The second-order valence-electron chi connectivity index (χ2n) is 4.50. The Balaban J connectivity index is 2.39. The predicted molar refractivity (Wildman–Crippen MR) is 74.1 cm³/mol. The Labute approximate surface area is 110 Å². The summed E-state index contributed by atoms with van der Waals surface area (Å²) in [5, 5.41) is 19.9. The molecule has 1 aromatic heterocycles. The molecule has 92 valence electrons. The molecule has 1 heterocycles. The molecule has 0 spiro atoms. The maximum Gasteiger partial charge on any atom is 0.0921 e. The number of fused-ring (bicyclic) bond motifs is 1. The lowest BCUT2D eigenvalue weighted by molar-refractivity contribution is 0.129. The first-order valence-electron chi connectivity index (χ1n) is 5.59. The zero-order valence-electron chi connectivity index (χ0n) is 10.3. The van der Waals surface area contributed by atoms with Gasteiger partial charge in [-0.1, -0.05) is 30.0 Å². The highest BCUT2D eigenvalue weighted by molar-refractivity contribution is 8.03. The van der Waals surface area contributed by atoms with Gasteiger partial charge in [0.2, 0.25) is 0 Å². The highest BCUT2D eigenvalue weighted by Crippen LogP contribution is 2.37. The van der Waals surface area contributed by atoms with Crippen LogP contribution in [0.25, 0.3) is 10.9 Å². The van der Waals surface area contributed by atoms with Gasteiger partial charge in [0.1, 0.15) is 0 Å². The fourth-order valence-corrected chi connectivity index (χ4v) is 2.64. The van der Waals surface area contributed by atoms with Crippen LogP contribution in [0, 0.1) is 11.3 Å². The number of benzene rings is 1. The second kappa shape index (κ2) is 4.89. The van der Waals surface area contributed by atoms with Crippen molar-refractivity contribution in [1.29, 1.82) is 5.26 Å².